The molecule has 6 heteroatoms. The molecule has 0 spiro atoms. The highest BCUT2D eigenvalue weighted by molar-refractivity contribution is 5.87. The lowest BCUT2D eigenvalue weighted by Crippen LogP contribution is -2.44. The van der Waals surface area contributed by atoms with E-state index in [1.807, 2.05) is 32.0 Å². The summed E-state index contributed by atoms with van der Waals surface area (Å²) in [6.45, 7) is 4.36. The van der Waals surface area contributed by atoms with Crippen LogP contribution in [-0.4, -0.2) is 38.2 Å². The molecule has 0 unspecified atom stereocenters. The highest BCUT2D eigenvalue weighted by Gasteiger charge is 2.22. The molecule has 0 heterocycles. The van der Waals surface area contributed by atoms with Gasteiger partial charge in [-0.05, 0) is 25.8 Å². The van der Waals surface area contributed by atoms with E-state index in [0.717, 1.165) is 5.56 Å². The van der Waals surface area contributed by atoms with Gasteiger partial charge in [0.05, 0.1) is 5.60 Å². The van der Waals surface area contributed by atoms with Crippen LogP contribution in [0.15, 0.2) is 30.3 Å². The van der Waals surface area contributed by atoms with Crippen LogP contribution in [0.4, 0.5) is 4.79 Å². The number of hydrogen-bond donors (Lipinski definition) is 3. The normalized spacial score (nSPS) is 12.4. The predicted molar refractivity (Wildman–Crippen MR) is 85.5 cm³/mol. The summed E-state index contributed by atoms with van der Waals surface area (Å²) in [4.78, 5) is 23.9. The van der Waals surface area contributed by atoms with Crippen LogP contribution in [0, 0.1) is 0 Å². The van der Waals surface area contributed by atoms with E-state index >= 15 is 0 Å². The number of likely N-dealkylation sites (N-methyl/N-ethyl adjacent to an activating group) is 1. The Morgan fingerprint density at radius 1 is 1.23 bits per heavy atom. The van der Waals surface area contributed by atoms with Crippen LogP contribution in [0.2, 0.25) is 0 Å². The molecule has 6 nitrogen and oxygen atoms in total. The largest absolute Gasteiger partial charge is 0.379 e. The number of methoxy groups -OCH3 is 1. The predicted octanol–water partition coefficient (Wildman–Crippen LogP) is 1.59. The minimum atomic E-state index is -0.721. The lowest BCUT2D eigenvalue weighted by molar-refractivity contribution is -0.122. The van der Waals surface area contributed by atoms with Gasteiger partial charge in [-0.3, -0.25) is 4.79 Å². The monoisotopic (exact) mass is 307 g/mol. The molecule has 0 aliphatic carbocycles. The number of amides is 3. The Kier molecular flexibility index (Phi) is 6.85. The van der Waals surface area contributed by atoms with Crippen LogP contribution in [0.25, 0.3) is 0 Å². The van der Waals surface area contributed by atoms with Crippen molar-refractivity contribution in [3.63, 3.8) is 0 Å². The fourth-order valence-electron chi connectivity index (χ4n) is 1.85. The second-order valence-corrected chi connectivity index (χ2v) is 5.57. The van der Waals surface area contributed by atoms with Crippen LogP contribution in [-0.2, 0) is 9.53 Å². The summed E-state index contributed by atoms with van der Waals surface area (Å²) >= 11 is 0. The molecule has 1 aromatic carbocycles. The fourth-order valence-corrected chi connectivity index (χ4v) is 1.85. The zero-order valence-corrected chi connectivity index (χ0v) is 13.6. The first-order valence-corrected chi connectivity index (χ1v) is 7.25. The third-order valence-electron chi connectivity index (χ3n) is 3.48. The van der Waals surface area contributed by atoms with Gasteiger partial charge in [0.2, 0.25) is 5.91 Å². The Balaban J connectivity index is 2.60. The van der Waals surface area contributed by atoms with E-state index in [1.54, 1.807) is 26.3 Å². The highest BCUT2D eigenvalue weighted by Crippen LogP contribution is 2.13. The van der Waals surface area contributed by atoms with E-state index in [9.17, 15) is 9.59 Å². The number of nitrogens with one attached hydrogen (secondary N) is 3. The molecular weight excluding hydrogens is 282 g/mol. The van der Waals surface area contributed by atoms with Crippen molar-refractivity contribution in [2.45, 2.75) is 31.9 Å². The number of ether oxygens (including phenoxy) is 1. The molecule has 1 atom stereocenters. The van der Waals surface area contributed by atoms with Gasteiger partial charge in [0, 0.05) is 20.7 Å². The van der Waals surface area contributed by atoms with Crippen LogP contribution >= 0.6 is 0 Å². The third kappa shape index (κ3) is 5.73. The Hall–Kier alpha value is -2.08. The number of rotatable bonds is 7. The second kappa shape index (κ2) is 8.38. The van der Waals surface area contributed by atoms with Gasteiger partial charge in [-0.2, -0.15) is 0 Å². The van der Waals surface area contributed by atoms with E-state index < -0.39 is 6.04 Å². The first kappa shape index (κ1) is 18.0. The van der Waals surface area contributed by atoms with Gasteiger partial charge in [-0.25, -0.2) is 4.79 Å². The average Bonchev–Trinajstić information content (AvgIpc) is 2.52. The molecule has 122 valence electrons. The molecule has 3 amide bonds. The number of hydrogen-bond acceptors (Lipinski definition) is 3. The molecule has 3 N–H and O–H groups in total. The summed E-state index contributed by atoms with van der Waals surface area (Å²) in [6.07, 6.45) is 0.674. The van der Waals surface area contributed by atoms with Crippen LogP contribution < -0.4 is 16.0 Å². The topological polar surface area (TPSA) is 79.5 Å². The average molecular weight is 307 g/mol. The Morgan fingerprint density at radius 3 is 2.41 bits per heavy atom. The van der Waals surface area contributed by atoms with E-state index in [1.165, 1.54) is 0 Å². The van der Waals surface area contributed by atoms with Crippen molar-refractivity contribution < 1.29 is 14.3 Å². The van der Waals surface area contributed by atoms with Crippen LogP contribution in [0.1, 0.15) is 31.9 Å². The van der Waals surface area contributed by atoms with Crippen molar-refractivity contribution >= 4 is 11.9 Å². The lowest BCUT2D eigenvalue weighted by atomic mass is 10.1. The van der Waals surface area contributed by atoms with Crippen molar-refractivity contribution in [2.75, 3.05) is 20.7 Å². The second-order valence-electron chi connectivity index (χ2n) is 5.57. The highest BCUT2D eigenvalue weighted by atomic mass is 16.5. The maximum absolute atomic E-state index is 12.0. The van der Waals surface area contributed by atoms with E-state index in [-0.39, 0.29) is 17.5 Å². The van der Waals surface area contributed by atoms with Gasteiger partial charge >= 0.3 is 6.03 Å². The molecular formula is C16H25N3O3. The number of benzene rings is 1. The van der Waals surface area contributed by atoms with Gasteiger partial charge in [0.25, 0.3) is 0 Å². The molecule has 0 bridgehead atoms. The maximum Gasteiger partial charge on any atom is 0.315 e. The summed E-state index contributed by atoms with van der Waals surface area (Å²) in [5.41, 5.74) is 0.432. The maximum atomic E-state index is 12.0. The Bertz CT molecular complexity index is 489. The van der Waals surface area contributed by atoms with E-state index in [2.05, 4.69) is 16.0 Å². The van der Waals surface area contributed by atoms with Gasteiger partial charge < -0.3 is 20.7 Å². The molecule has 0 saturated carbocycles. The zero-order chi connectivity index (χ0) is 16.6. The van der Waals surface area contributed by atoms with E-state index in [0.29, 0.717) is 13.0 Å². The Morgan fingerprint density at radius 2 is 1.86 bits per heavy atom. The first-order valence-electron chi connectivity index (χ1n) is 7.25. The summed E-state index contributed by atoms with van der Waals surface area (Å²) in [5, 5.41) is 7.98. The third-order valence-corrected chi connectivity index (χ3v) is 3.48. The molecule has 0 fully saturated rings. The number of urea groups is 1. The summed E-state index contributed by atoms with van der Waals surface area (Å²) in [7, 11) is 3.18. The molecule has 0 aliphatic rings. The smallest absolute Gasteiger partial charge is 0.315 e. The minimum Gasteiger partial charge on any atom is -0.379 e. The molecule has 0 saturated heterocycles. The molecule has 1 aromatic rings. The van der Waals surface area contributed by atoms with Crippen LogP contribution in [0.3, 0.4) is 0 Å². The minimum absolute atomic E-state index is 0.265. The number of carbonyl (C=O) groups is 2. The number of carbonyl (C=O) groups excluding carboxylic acids is 2. The SMILES string of the molecule is CNC(=O)[C@H](NC(=O)NCCC(C)(C)OC)c1ccccc1. The van der Waals surface area contributed by atoms with Gasteiger partial charge in [-0.15, -0.1) is 0 Å². The lowest BCUT2D eigenvalue weighted by Gasteiger charge is -2.23. The molecule has 0 aromatic heterocycles. The summed E-state index contributed by atoms with van der Waals surface area (Å²) < 4.78 is 5.29. The van der Waals surface area contributed by atoms with Crippen molar-refractivity contribution in [1.82, 2.24) is 16.0 Å². The van der Waals surface area contributed by atoms with E-state index in [4.69, 9.17) is 4.74 Å². The van der Waals surface area contributed by atoms with Gasteiger partial charge in [0.15, 0.2) is 0 Å². The van der Waals surface area contributed by atoms with Crippen molar-refractivity contribution in [2.24, 2.45) is 0 Å². The Labute approximate surface area is 131 Å². The fraction of sp³-hybridized carbons (Fsp3) is 0.500. The molecule has 0 radical (unpaired) electrons. The van der Waals surface area contributed by atoms with Crippen molar-refractivity contribution in [3.05, 3.63) is 35.9 Å². The van der Waals surface area contributed by atoms with Gasteiger partial charge in [-0.1, -0.05) is 30.3 Å². The standard InChI is InChI=1S/C16H25N3O3/c1-16(2,22-4)10-11-18-15(21)19-13(14(20)17-3)12-8-6-5-7-9-12/h5-9,13H,10-11H2,1-4H3,(H,17,20)(H2,18,19,21)/t13-/m1/s1. The van der Waals surface area contributed by atoms with Crippen molar-refractivity contribution in [1.29, 1.82) is 0 Å². The van der Waals surface area contributed by atoms with Crippen LogP contribution in [0.5, 0.6) is 0 Å². The van der Waals surface area contributed by atoms with Crippen molar-refractivity contribution in [3.8, 4) is 0 Å². The first-order chi connectivity index (χ1) is 10.4. The zero-order valence-electron chi connectivity index (χ0n) is 13.6. The molecule has 1 rings (SSSR count). The molecule has 22 heavy (non-hydrogen) atoms. The van der Waals surface area contributed by atoms with Gasteiger partial charge in [0.1, 0.15) is 6.04 Å². The summed E-state index contributed by atoms with van der Waals surface area (Å²) in [5.74, 6) is -0.265. The summed E-state index contributed by atoms with van der Waals surface area (Å²) in [6, 6.07) is 8.00. The molecule has 0 aliphatic heterocycles. The quantitative estimate of drug-likeness (QED) is 0.715.